The number of hydrogen-bond donors (Lipinski definition) is 2. The first-order chi connectivity index (χ1) is 9.50. The first kappa shape index (κ1) is 13.9. The average Bonchev–Trinajstić information content (AvgIpc) is 2.48. The summed E-state index contributed by atoms with van der Waals surface area (Å²) in [5.41, 5.74) is 7.19. The Labute approximate surface area is 117 Å². The number of nitrogens with zero attached hydrogens (tertiary/aromatic N) is 2. The van der Waals surface area contributed by atoms with Crippen molar-refractivity contribution in [3.05, 3.63) is 53.9 Å². The molecule has 1 unspecified atom stereocenters. The second-order valence-corrected chi connectivity index (χ2v) is 4.65. The van der Waals surface area contributed by atoms with E-state index in [-0.39, 0.29) is 23.4 Å². The molecule has 104 valence electrons. The lowest BCUT2D eigenvalue weighted by Crippen LogP contribution is -2.29. The van der Waals surface area contributed by atoms with Crippen LogP contribution in [0.1, 0.15) is 28.9 Å². The number of aromatic hydroxyl groups is 1. The Balaban J connectivity index is 2.22. The van der Waals surface area contributed by atoms with Gasteiger partial charge in [-0.3, -0.25) is 9.78 Å². The number of phenols is 1. The predicted octanol–water partition coefficient (Wildman–Crippen LogP) is 2.20. The fourth-order valence-corrected chi connectivity index (χ4v) is 1.92. The minimum absolute atomic E-state index is 0.0826. The molecular formula is C15H17N3O2. The number of benzene rings is 1. The Morgan fingerprint density at radius 3 is 2.55 bits per heavy atom. The molecular weight excluding hydrogens is 254 g/mol. The van der Waals surface area contributed by atoms with Crippen molar-refractivity contribution in [3.8, 4) is 5.75 Å². The Kier molecular flexibility index (Phi) is 3.89. The van der Waals surface area contributed by atoms with Crippen molar-refractivity contribution in [1.82, 2.24) is 9.88 Å². The van der Waals surface area contributed by atoms with Crippen molar-refractivity contribution in [2.45, 2.75) is 13.0 Å². The largest absolute Gasteiger partial charge is 0.506 e. The molecule has 3 N–H and O–H groups in total. The molecule has 0 saturated carbocycles. The molecule has 5 nitrogen and oxygen atoms in total. The second-order valence-electron chi connectivity index (χ2n) is 4.65. The lowest BCUT2D eigenvalue weighted by Gasteiger charge is -2.25. The maximum Gasteiger partial charge on any atom is 0.254 e. The van der Waals surface area contributed by atoms with Crippen LogP contribution in [0.2, 0.25) is 0 Å². The number of anilines is 1. The minimum Gasteiger partial charge on any atom is -0.506 e. The van der Waals surface area contributed by atoms with Gasteiger partial charge in [-0.15, -0.1) is 0 Å². The predicted molar refractivity (Wildman–Crippen MR) is 77.3 cm³/mol. The molecule has 20 heavy (non-hydrogen) atoms. The molecule has 0 bridgehead atoms. The summed E-state index contributed by atoms with van der Waals surface area (Å²) in [4.78, 5) is 18.0. The Morgan fingerprint density at radius 1 is 1.30 bits per heavy atom. The van der Waals surface area contributed by atoms with Crippen LogP contribution in [0.4, 0.5) is 5.69 Å². The van der Waals surface area contributed by atoms with Crippen LogP contribution < -0.4 is 5.73 Å². The van der Waals surface area contributed by atoms with E-state index in [4.69, 9.17) is 5.73 Å². The quantitative estimate of drug-likeness (QED) is 0.662. The summed E-state index contributed by atoms with van der Waals surface area (Å²) < 4.78 is 0. The van der Waals surface area contributed by atoms with E-state index in [9.17, 15) is 9.90 Å². The Hall–Kier alpha value is -2.56. The molecule has 5 heteroatoms. The van der Waals surface area contributed by atoms with E-state index in [0.29, 0.717) is 5.56 Å². The third-order valence-electron chi connectivity index (χ3n) is 3.37. The van der Waals surface area contributed by atoms with E-state index in [1.54, 1.807) is 30.4 Å². The van der Waals surface area contributed by atoms with E-state index < -0.39 is 0 Å². The monoisotopic (exact) mass is 271 g/mol. The van der Waals surface area contributed by atoms with E-state index in [1.165, 1.54) is 12.1 Å². The lowest BCUT2D eigenvalue weighted by atomic mass is 10.1. The normalized spacial score (nSPS) is 11.9. The van der Waals surface area contributed by atoms with Gasteiger partial charge in [0.05, 0.1) is 11.7 Å². The highest BCUT2D eigenvalue weighted by Gasteiger charge is 2.19. The van der Waals surface area contributed by atoms with E-state index in [1.807, 2.05) is 19.1 Å². The van der Waals surface area contributed by atoms with Crippen molar-refractivity contribution in [2.75, 3.05) is 12.8 Å². The number of aromatic nitrogens is 1. The highest BCUT2D eigenvalue weighted by atomic mass is 16.3. The van der Waals surface area contributed by atoms with Gasteiger partial charge in [0, 0.05) is 25.0 Å². The minimum atomic E-state index is -0.176. The van der Waals surface area contributed by atoms with Crippen molar-refractivity contribution in [3.63, 3.8) is 0 Å². The van der Waals surface area contributed by atoms with Crippen molar-refractivity contribution in [1.29, 1.82) is 0 Å². The molecule has 1 amide bonds. The van der Waals surface area contributed by atoms with Gasteiger partial charge < -0.3 is 15.7 Å². The molecule has 0 saturated heterocycles. The summed E-state index contributed by atoms with van der Waals surface area (Å²) in [6.07, 6.45) is 3.39. The highest BCUT2D eigenvalue weighted by molar-refractivity contribution is 5.95. The molecule has 0 aliphatic rings. The number of hydrogen-bond acceptors (Lipinski definition) is 4. The zero-order chi connectivity index (χ0) is 14.7. The van der Waals surface area contributed by atoms with E-state index in [2.05, 4.69) is 4.98 Å². The average molecular weight is 271 g/mol. The third kappa shape index (κ3) is 2.71. The Bertz CT molecular complexity index is 614. The smallest absolute Gasteiger partial charge is 0.254 e. The van der Waals surface area contributed by atoms with Crippen LogP contribution in [0.3, 0.4) is 0 Å². The molecule has 0 aliphatic carbocycles. The molecule has 1 heterocycles. The molecule has 1 aromatic heterocycles. The number of nitrogens with two attached hydrogens (primary N) is 1. The first-order valence-electron chi connectivity index (χ1n) is 6.26. The number of carbonyl (C=O) groups is 1. The van der Waals surface area contributed by atoms with Crippen molar-refractivity contribution in [2.24, 2.45) is 0 Å². The van der Waals surface area contributed by atoms with Crippen LogP contribution in [0.25, 0.3) is 0 Å². The molecule has 0 aliphatic heterocycles. The standard InChI is InChI=1S/C15H17N3O2/c1-10(11-5-7-17-8-6-11)18(2)15(20)12-3-4-13(16)14(19)9-12/h3-10,19H,16H2,1-2H3. The number of phenolic OH excluding ortho intramolecular Hbond substituents is 1. The van der Waals surface area contributed by atoms with Gasteiger partial charge in [0.25, 0.3) is 5.91 Å². The Morgan fingerprint density at radius 2 is 1.95 bits per heavy atom. The van der Waals surface area contributed by atoms with Crippen LogP contribution in [-0.4, -0.2) is 27.9 Å². The van der Waals surface area contributed by atoms with Crippen LogP contribution in [0.5, 0.6) is 5.75 Å². The maximum absolute atomic E-state index is 12.4. The van der Waals surface area contributed by atoms with Gasteiger partial charge in [0.2, 0.25) is 0 Å². The molecule has 1 atom stereocenters. The fraction of sp³-hybridized carbons (Fsp3) is 0.200. The lowest BCUT2D eigenvalue weighted by molar-refractivity contribution is 0.0742. The number of nitrogen functional groups attached to an aromatic ring is 1. The highest BCUT2D eigenvalue weighted by Crippen LogP contribution is 2.24. The molecule has 0 spiro atoms. The molecule has 2 aromatic rings. The number of carbonyl (C=O) groups excluding carboxylic acids is 1. The van der Waals surface area contributed by atoms with Crippen molar-refractivity contribution < 1.29 is 9.90 Å². The molecule has 1 aromatic carbocycles. The van der Waals surface area contributed by atoms with Gasteiger partial charge in [0.15, 0.2) is 0 Å². The maximum atomic E-state index is 12.4. The van der Waals surface area contributed by atoms with Gasteiger partial charge in [-0.25, -0.2) is 0 Å². The summed E-state index contributed by atoms with van der Waals surface area (Å²) in [6, 6.07) is 8.16. The summed E-state index contributed by atoms with van der Waals surface area (Å²) >= 11 is 0. The van der Waals surface area contributed by atoms with E-state index in [0.717, 1.165) is 5.56 Å². The molecule has 2 rings (SSSR count). The van der Waals surface area contributed by atoms with Gasteiger partial charge in [-0.05, 0) is 42.8 Å². The summed E-state index contributed by atoms with van der Waals surface area (Å²) in [6.45, 7) is 1.93. The molecule has 0 radical (unpaired) electrons. The number of rotatable bonds is 3. The first-order valence-corrected chi connectivity index (χ1v) is 6.26. The third-order valence-corrected chi connectivity index (χ3v) is 3.37. The zero-order valence-electron chi connectivity index (χ0n) is 11.4. The van der Waals surface area contributed by atoms with Crippen LogP contribution in [-0.2, 0) is 0 Å². The summed E-state index contributed by atoms with van der Waals surface area (Å²) in [5, 5.41) is 9.58. The number of amides is 1. The van der Waals surface area contributed by atoms with Gasteiger partial charge in [-0.2, -0.15) is 0 Å². The topological polar surface area (TPSA) is 79.5 Å². The molecule has 0 fully saturated rings. The van der Waals surface area contributed by atoms with Crippen LogP contribution in [0.15, 0.2) is 42.7 Å². The van der Waals surface area contributed by atoms with Gasteiger partial charge >= 0.3 is 0 Å². The summed E-state index contributed by atoms with van der Waals surface area (Å²) in [5.74, 6) is -0.259. The zero-order valence-corrected chi connectivity index (χ0v) is 11.4. The van der Waals surface area contributed by atoms with Crippen LogP contribution in [0, 0.1) is 0 Å². The second kappa shape index (κ2) is 5.61. The summed E-state index contributed by atoms with van der Waals surface area (Å²) in [7, 11) is 1.72. The van der Waals surface area contributed by atoms with Crippen LogP contribution >= 0.6 is 0 Å². The van der Waals surface area contributed by atoms with Gasteiger partial charge in [0.1, 0.15) is 5.75 Å². The SMILES string of the molecule is CC(c1ccncc1)N(C)C(=O)c1ccc(N)c(O)c1. The van der Waals surface area contributed by atoms with E-state index >= 15 is 0 Å². The number of pyridine rings is 1. The fourth-order valence-electron chi connectivity index (χ4n) is 1.92. The van der Waals surface area contributed by atoms with Gasteiger partial charge in [-0.1, -0.05) is 0 Å². The van der Waals surface area contributed by atoms with Crippen molar-refractivity contribution >= 4 is 11.6 Å².